The molecule has 1 amide bonds. The number of hydrogen-bond acceptors (Lipinski definition) is 5. The summed E-state index contributed by atoms with van der Waals surface area (Å²) in [7, 11) is 0. The number of halogens is 1. The maximum Gasteiger partial charge on any atom is 0.226 e. The highest BCUT2D eigenvalue weighted by molar-refractivity contribution is 7.99. The monoisotopic (exact) mass is 427 g/mol. The molecule has 29 heavy (non-hydrogen) atoms. The van der Waals surface area contributed by atoms with E-state index in [0.717, 1.165) is 36.6 Å². The number of nitrogens with one attached hydrogen (secondary N) is 1. The largest absolute Gasteiger partial charge is 0.302 e. The molecule has 0 aliphatic carbocycles. The Labute approximate surface area is 178 Å². The minimum atomic E-state index is -0.248. The summed E-state index contributed by atoms with van der Waals surface area (Å²) in [5, 5.41) is 3.62. The average Bonchev–Trinajstić information content (AvgIpc) is 3.11. The molecule has 1 N–H and O–H groups in total. The zero-order chi connectivity index (χ0) is 20.1. The van der Waals surface area contributed by atoms with Crippen LogP contribution in [0.15, 0.2) is 59.5 Å². The van der Waals surface area contributed by atoms with Crippen molar-refractivity contribution in [1.82, 2.24) is 9.88 Å². The molecule has 0 saturated heterocycles. The second-order valence-electron chi connectivity index (χ2n) is 6.94. The third kappa shape index (κ3) is 5.65. The van der Waals surface area contributed by atoms with Crippen molar-refractivity contribution in [2.45, 2.75) is 30.8 Å². The maximum absolute atomic E-state index is 12.9. The Morgan fingerprint density at radius 2 is 1.97 bits per heavy atom. The van der Waals surface area contributed by atoms with Crippen molar-refractivity contribution in [3.63, 3.8) is 0 Å². The van der Waals surface area contributed by atoms with Gasteiger partial charge in [0.2, 0.25) is 5.91 Å². The number of carbonyl (C=O) groups is 1. The van der Waals surface area contributed by atoms with E-state index in [-0.39, 0.29) is 11.7 Å². The molecule has 4 rings (SSSR count). The highest BCUT2D eigenvalue weighted by Crippen LogP contribution is 2.29. The molecular formula is C22H22FN3OS2. The van der Waals surface area contributed by atoms with Crippen molar-refractivity contribution in [2.75, 3.05) is 17.6 Å². The Bertz CT molecular complexity index is 960. The van der Waals surface area contributed by atoms with Crippen molar-refractivity contribution in [3.8, 4) is 0 Å². The number of carbonyl (C=O) groups excluding carboxylic acids is 1. The van der Waals surface area contributed by atoms with Crippen LogP contribution in [0.25, 0.3) is 0 Å². The van der Waals surface area contributed by atoms with E-state index in [1.807, 2.05) is 6.07 Å². The molecule has 1 aliphatic rings. The lowest BCUT2D eigenvalue weighted by molar-refractivity contribution is -0.115. The van der Waals surface area contributed by atoms with Gasteiger partial charge in [-0.3, -0.25) is 9.69 Å². The molecule has 0 radical (unpaired) electrons. The van der Waals surface area contributed by atoms with E-state index in [0.29, 0.717) is 17.3 Å². The summed E-state index contributed by atoms with van der Waals surface area (Å²) in [5.41, 5.74) is 2.42. The topological polar surface area (TPSA) is 45.2 Å². The Hall–Kier alpha value is -2.22. The molecule has 7 heteroatoms. The fourth-order valence-corrected chi connectivity index (χ4v) is 5.17. The number of thioether (sulfide) groups is 1. The molecule has 2 heterocycles. The average molecular weight is 428 g/mol. The number of anilines is 1. The number of hydrogen-bond donors (Lipinski definition) is 1. The molecule has 0 atom stereocenters. The first-order valence-corrected chi connectivity index (χ1v) is 11.4. The molecule has 4 nitrogen and oxygen atoms in total. The molecule has 1 aromatic heterocycles. The van der Waals surface area contributed by atoms with Crippen molar-refractivity contribution in [3.05, 3.63) is 76.5 Å². The fourth-order valence-electron chi connectivity index (χ4n) is 3.25. The maximum atomic E-state index is 12.9. The zero-order valence-electron chi connectivity index (χ0n) is 15.9. The summed E-state index contributed by atoms with van der Waals surface area (Å²) in [4.78, 5) is 21.5. The lowest BCUT2D eigenvalue weighted by Crippen LogP contribution is -2.29. The van der Waals surface area contributed by atoms with Gasteiger partial charge in [-0.2, -0.15) is 0 Å². The molecule has 0 bridgehead atoms. The third-order valence-corrected chi connectivity index (χ3v) is 6.73. The van der Waals surface area contributed by atoms with Gasteiger partial charge in [0.25, 0.3) is 0 Å². The molecule has 0 spiro atoms. The number of aromatic nitrogens is 1. The zero-order valence-corrected chi connectivity index (χ0v) is 17.6. The Morgan fingerprint density at radius 3 is 2.76 bits per heavy atom. The Morgan fingerprint density at radius 1 is 1.17 bits per heavy atom. The number of benzene rings is 2. The van der Waals surface area contributed by atoms with Gasteiger partial charge in [0.15, 0.2) is 5.13 Å². The van der Waals surface area contributed by atoms with Crippen molar-refractivity contribution >= 4 is 34.1 Å². The number of thiazole rings is 1. The SMILES string of the molecule is O=C(CCSc1ccc(F)cc1)Nc1nc2c(s1)CN(Cc1ccccc1)CC2. The van der Waals surface area contributed by atoms with E-state index in [2.05, 4.69) is 39.5 Å². The quantitative estimate of drug-likeness (QED) is 0.541. The van der Waals surface area contributed by atoms with Crippen LogP contribution in [0.3, 0.4) is 0 Å². The van der Waals surface area contributed by atoms with Gasteiger partial charge in [0.1, 0.15) is 5.82 Å². The van der Waals surface area contributed by atoms with Gasteiger partial charge in [0.05, 0.1) is 5.69 Å². The van der Waals surface area contributed by atoms with Gasteiger partial charge < -0.3 is 5.32 Å². The van der Waals surface area contributed by atoms with Crippen LogP contribution in [-0.2, 0) is 24.3 Å². The van der Waals surface area contributed by atoms with Crippen LogP contribution in [-0.4, -0.2) is 28.1 Å². The van der Waals surface area contributed by atoms with Crippen molar-refractivity contribution in [1.29, 1.82) is 0 Å². The minimum absolute atomic E-state index is 0.0353. The van der Waals surface area contributed by atoms with Crippen LogP contribution in [0.1, 0.15) is 22.6 Å². The van der Waals surface area contributed by atoms with Gasteiger partial charge in [-0.15, -0.1) is 23.1 Å². The lowest BCUT2D eigenvalue weighted by Gasteiger charge is -2.25. The molecule has 0 unspecified atom stereocenters. The molecular weight excluding hydrogens is 405 g/mol. The third-order valence-electron chi connectivity index (χ3n) is 4.72. The second kappa shape index (κ2) is 9.52. The summed E-state index contributed by atoms with van der Waals surface area (Å²) in [5.74, 6) is 0.363. The van der Waals surface area contributed by atoms with Crippen LogP contribution in [0.2, 0.25) is 0 Å². The predicted molar refractivity (Wildman–Crippen MR) is 117 cm³/mol. The van der Waals surface area contributed by atoms with E-state index in [9.17, 15) is 9.18 Å². The Kier molecular flexibility index (Phi) is 6.59. The highest BCUT2D eigenvalue weighted by atomic mass is 32.2. The van der Waals surface area contributed by atoms with Gasteiger partial charge in [-0.25, -0.2) is 9.37 Å². The van der Waals surface area contributed by atoms with Crippen LogP contribution in [0, 0.1) is 5.82 Å². The smallest absolute Gasteiger partial charge is 0.226 e. The lowest BCUT2D eigenvalue weighted by atomic mass is 10.1. The first-order chi connectivity index (χ1) is 14.2. The summed E-state index contributed by atoms with van der Waals surface area (Å²) in [6.45, 7) is 2.78. The summed E-state index contributed by atoms with van der Waals surface area (Å²) in [6.07, 6.45) is 1.31. The first kappa shape index (κ1) is 20.1. The van der Waals surface area contributed by atoms with Crippen LogP contribution in [0.5, 0.6) is 0 Å². The predicted octanol–water partition coefficient (Wildman–Crippen LogP) is 4.96. The fraction of sp³-hybridized carbons (Fsp3) is 0.273. The van der Waals surface area contributed by atoms with Crippen LogP contribution in [0.4, 0.5) is 9.52 Å². The van der Waals surface area contributed by atoms with Crippen molar-refractivity contribution < 1.29 is 9.18 Å². The van der Waals surface area contributed by atoms with Gasteiger partial charge >= 0.3 is 0 Å². The summed E-state index contributed by atoms with van der Waals surface area (Å²) in [6, 6.07) is 16.8. The van der Waals surface area contributed by atoms with Gasteiger partial charge in [-0.1, -0.05) is 30.3 Å². The number of fused-ring (bicyclic) bond motifs is 1. The molecule has 1 aliphatic heterocycles. The van der Waals surface area contributed by atoms with E-state index >= 15 is 0 Å². The van der Waals surface area contributed by atoms with E-state index in [4.69, 9.17) is 0 Å². The molecule has 150 valence electrons. The number of nitrogens with zero attached hydrogens (tertiary/aromatic N) is 2. The standard InChI is InChI=1S/C22H22FN3OS2/c23-17-6-8-18(9-7-17)28-13-11-21(27)25-22-24-19-10-12-26(15-20(19)29-22)14-16-4-2-1-3-5-16/h1-9H,10-15H2,(H,24,25,27). The second-order valence-corrected chi connectivity index (χ2v) is 9.19. The van der Waals surface area contributed by atoms with Gasteiger partial charge in [0, 0.05) is 48.0 Å². The van der Waals surface area contributed by atoms with Crippen LogP contribution >= 0.6 is 23.1 Å². The molecule has 0 saturated carbocycles. The summed E-state index contributed by atoms with van der Waals surface area (Å²) < 4.78 is 12.9. The van der Waals surface area contributed by atoms with E-state index in [1.165, 1.54) is 22.6 Å². The van der Waals surface area contributed by atoms with E-state index < -0.39 is 0 Å². The molecule has 2 aromatic carbocycles. The summed E-state index contributed by atoms with van der Waals surface area (Å²) >= 11 is 3.12. The minimum Gasteiger partial charge on any atom is -0.302 e. The van der Waals surface area contributed by atoms with Gasteiger partial charge in [-0.05, 0) is 29.8 Å². The normalized spacial score (nSPS) is 13.8. The highest BCUT2D eigenvalue weighted by Gasteiger charge is 2.21. The number of rotatable bonds is 7. The molecule has 3 aromatic rings. The first-order valence-electron chi connectivity index (χ1n) is 9.59. The Balaban J connectivity index is 1.26. The van der Waals surface area contributed by atoms with Crippen LogP contribution < -0.4 is 5.32 Å². The van der Waals surface area contributed by atoms with E-state index in [1.54, 1.807) is 35.2 Å². The number of amides is 1. The van der Waals surface area contributed by atoms with Crippen molar-refractivity contribution in [2.24, 2.45) is 0 Å². The molecule has 0 fully saturated rings.